The highest BCUT2D eigenvalue weighted by Gasteiger charge is 2.26. The van der Waals surface area contributed by atoms with Crippen LogP contribution >= 0.6 is 0 Å². The van der Waals surface area contributed by atoms with E-state index in [1.807, 2.05) is 68.5 Å². The smallest absolute Gasteiger partial charge is 0.253 e. The van der Waals surface area contributed by atoms with Crippen molar-refractivity contribution in [3.05, 3.63) is 86.8 Å². The number of carbonyl (C=O) groups is 1. The lowest BCUT2D eigenvalue weighted by atomic mass is 9.93. The molecule has 6 heteroatoms. The van der Waals surface area contributed by atoms with Gasteiger partial charge in [-0.2, -0.15) is 0 Å². The van der Waals surface area contributed by atoms with Crippen molar-refractivity contribution < 1.29 is 14.3 Å². The maximum Gasteiger partial charge on any atom is 0.253 e. The maximum atomic E-state index is 13.2. The van der Waals surface area contributed by atoms with Crippen LogP contribution in [0.3, 0.4) is 0 Å². The quantitative estimate of drug-likeness (QED) is 0.586. The van der Waals surface area contributed by atoms with Gasteiger partial charge in [-0.25, -0.2) is 0 Å². The zero-order valence-corrected chi connectivity index (χ0v) is 19.7. The van der Waals surface area contributed by atoms with Crippen molar-refractivity contribution in [3.63, 3.8) is 0 Å². The van der Waals surface area contributed by atoms with Gasteiger partial charge in [0.15, 0.2) is 0 Å². The Bertz CT molecular complexity index is 1370. The van der Waals surface area contributed by atoms with Crippen LogP contribution in [-0.4, -0.2) is 23.6 Å². The van der Waals surface area contributed by atoms with Crippen LogP contribution in [0.1, 0.15) is 53.0 Å². The molecule has 1 aliphatic heterocycles. The SMILES string of the molecule is COc1cccc(-c2cc(C(=O)NCc3cc4c([nH]c3=O)CCC4)cc3c2OC(C)(C)C=C3)c1. The Morgan fingerprint density at radius 2 is 2.03 bits per heavy atom. The number of nitrogens with one attached hydrogen (secondary N) is 2. The summed E-state index contributed by atoms with van der Waals surface area (Å²) in [6, 6.07) is 13.3. The Morgan fingerprint density at radius 3 is 2.85 bits per heavy atom. The van der Waals surface area contributed by atoms with Crippen molar-refractivity contribution in [2.24, 2.45) is 0 Å². The molecule has 0 saturated carbocycles. The average Bonchev–Trinajstić information content (AvgIpc) is 3.28. The molecule has 6 nitrogen and oxygen atoms in total. The number of pyridine rings is 1. The van der Waals surface area contributed by atoms with E-state index in [4.69, 9.17) is 9.47 Å². The molecule has 5 rings (SSSR count). The fourth-order valence-corrected chi connectivity index (χ4v) is 4.58. The first kappa shape index (κ1) is 22.0. The van der Waals surface area contributed by atoms with Gasteiger partial charge in [-0.05, 0) is 80.6 Å². The molecular formula is C28H28N2O4. The zero-order chi connectivity index (χ0) is 23.9. The zero-order valence-electron chi connectivity index (χ0n) is 19.7. The number of benzene rings is 2. The summed E-state index contributed by atoms with van der Waals surface area (Å²) in [7, 11) is 1.63. The summed E-state index contributed by atoms with van der Waals surface area (Å²) in [5.74, 6) is 1.21. The molecule has 1 amide bonds. The maximum absolute atomic E-state index is 13.2. The van der Waals surface area contributed by atoms with Crippen LogP contribution in [0.2, 0.25) is 0 Å². The lowest BCUT2D eigenvalue weighted by Gasteiger charge is -2.30. The Morgan fingerprint density at radius 1 is 1.18 bits per heavy atom. The molecule has 0 fully saturated rings. The minimum Gasteiger partial charge on any atom is -0.497 e. The summed E-state index contributed by atoms with van der Waals surface area (Å²) in [5, 5.41) is 2.92. The van der Waals surface area contributed by atoms with E-state index < -0.39 is 5.60 Å². The molecule has 174 valence electrons. The molecule has 1 aromatic heterocycles. The number of hydrogen-bond acceptors (Lipinski definition) is 4. The molecule has 2 N–H and O–H groups in total. The highest BCUT2D eigenvalue weighted by atomic mass is 16.5. The van der Waals surface area contributed by atoms with Crippen LogP contribution in [0, 0.1) is 0 Å². The van der Waals surface area contributed by atoms with E-state index in [1.54, 1.807) is 7.11 Å². The number of hydrogen-bond donors (Lipinski definition) is 2. The van der Waals surface area contributed by atoms with Crippen molar-refractivity contribution in [1.82, 2.24) is 10.3 Å². The van der Waals surface area contributed by atoms with Crippen LogP contribution in [-0.2, 0) is 19.4 Å². The number of aryl methyl sites for hydroxylation is 2. The number of aromatic nitrogens is 1. The fourth-order valence-electron chi connectivity index (χ4n) is 4.58. The molecule has 0 atom stereocenters. The van der Waals surface area contributed by atoms with E-state index >= 15 is 0 Å². The molecule has 34 heavy (non-hydrogen) atoms. The van der Waals surface area contributed by atoms with Gasteiger partial charge in [-0.15, -0.1) is 0 Å². The van der Waals surface area contributed by atoms with Gasteiger partial charge in [-0.1, -0.05) is 18.2 Å². The van der Waals surface area contributed by atoms with Crippen LogP contribution in [0.15, 0.2) is 53.3 Å². The van der Waals surface area contributed by atoms with Gasteiger partial charge in [-0.3, -0.25) is 9.59 Å². The Hall–Kier alpha value is -3.80. The van der Waals surface area contributed by atoms with Crippen LogP contribution < -0.4 is 20.3 Å². The largest absolute Gasteiger partial charge is 0.497 e. The topological polar surface area (TPSA) is 80.4 Å². The van der Waals surface area contributed by atoms with Gasteiger partial charge < -0.3 is 19.8 Å². The minimum absolute atomic E-state index is 0.137. The first-order valence-corrected chi connectivity index (χ1v) is 11.6. The van der Waals surface area contributed by atoms with Gasteiger partial charge >= 0.3 is 0 Å². The highest BCUT2D eigenvalue weighted by Crippen LogP contribution is 2.41. The molecule has 2 aromatic carbocycles. The summed E-state index contributed by atoms with van der Waals surface area (Å²) >= 11 is 0. The standard InChI is InChI=1S/C28H28N2O4/c1-28(2)11-10-19-13-20(15-23(25(19)34-28)17-6-4-8-22(14-17)33-3)26(31)29-16-21-12-18-7-5-9-24(18)30-27(21)32/h4,6,8,10-15H,5,7,9,16H2,1-3H3,(H,29,31)(H,30,32). The third-order valence-corrected chi connectivity index (χ3v) is 6.39. The minimum atomic E-state index is -0.459. The number of methoxy groups -OCH3 is 1. The number of fused-ring (bicyclic) bond motifs is 2. The Balaban J connectivity index is 1.48. The van der Waals surface area contributed by atoms with Gasteiger partial charge in [0, 0.05) is 34.5 Å². The van der Waals surface area contributed by atoms with E-state index in [0.29, 0.717) is 11.1 Å². The monoisotopic (exact) mass is 456 g/mol. The van der Waals surface area contributed by atoms with Crippen molar-refractivity contribution in [1.29, 1.82) is 0 Å². The van der Waals surface area contributed by atoms with E-state index in [9.17, 15) is 9.59 Å². The fraction of sp³-hybridized carbons (Fsp3) is 0.286. The van der Waals surface area contributed by atoms with Crippen LogP contribution in [0.5, 0.6) is 11.5 Å². The van der Waals surface area contributed by atoms with Crippen LogP contribution in [0.4, 0.5) is 0 Å². The first-order chi connectivity index (χ1) is 16.3. The third kappa shape index (κ3) is 4.23. The number of H-pyrrole nitrogens is 1. The summed E-state index contributed by atoms with van der Waals surface area (Å²) < 4.78 is 11.7. The van der Waals surface area contributed by atoms with Gasteiger partial charge in [0.1, 0.15) is 17.1 Å². The molecular weight excluding hydrogens is 428 g/mol. The molecule has 2 heterocycles. The van der Waals surface area contributed by atoms with Crippen molar-refractivity contribution in [2.75, 3.05) is 7.11 Å². The van der Waals surface area contributed by atoms with Gasteiger partial charge in [0.25, 0.3) is 11.5 Å². The summed E-state index contributed by atoms with van der Waals surface area (Å²) in [6.45, 7) is 4.17. The van der Waals surface area contributed by atoms with Crippen LogP contribution in [0.25, 0.3) is 17.2 Å². The molecule has 0 saturated heterocycles. The predicted octanol–water partition coefficient (Wildman–Crippen LogP) is 4.65. The van der Waals surface area contributed by atoms with Gasteiger partial charge in [0.05, 0.1) is 7.11 Å². The number of rotatable bonds is 5. The predicted molar refractivity (Wildman–Crippen MR) is 132 cm³/mol. The Kier molecular flexibility index (Phi) is 5.52. The molecule has 0 spiro atoms. The van der Waals surface area contributed by atoms with Crippen molar-refractivity contribution in [3.8, 4) is 22.6 Å². The molecule has 2 aliphatic rings. The number of ether oxygens (including phenoxy) is 2. The van der Waals surface area contributed by atoms with E-state index in [2.05, 4.69) is 10.3 Å². The molecule has 0 unspecified atom stereocenters. The van der Waals surface area contributed by atoms with E-state index in [0.717, 1.165) is 53.1 Å². The highest BCUT2D eigenvalue weighted by molar-refractivity contribution is 5.97. The second-order valence-electron chi connectivity index (χ2n) is 9.38. The number of amides is 1. The first-order valence-electron chi connectivity index (χ1n) is 11.6. The van der Waals surface area contributed by atoms with Gasteiger partial charge in [0.2, 0.25) is 0 Å². The molecule has 1 aliphatic carbocycles. The number of carbonyl (C=O) groups excluding carboxylic acids is 1. The number of aromatic amines is 1. The average molecular weight is 457 g/mol. The van der Waals surface area contributed by atoms with Crippen molar-refractivity contribution >= 4 is 12.0 Å². The second kappa shape index (κ2) is 8.52. The summed E-state index contributed by atoms with van der Waals surface area (Å²) in [6.07, 6.45) is 6.90. The molecule has 3 aromatic rings. The Labute approximate surface area is 198 Å². The van der Waals surface area contributed by atoms with E-state index in [-0.39, 0.29) is 18.0 Å². The van der Waals surface area contributed by atoms with Crippen molar-refractivity contribution in [2.45, 2.75) is 45.3 Å². The molecule has 0 bridgehead atoms. The normalized spacial score (nSPS) is 15.3. The summed E-state index contributed by atoms with van der Waals surface area (Å²) in [5.41, 5.74) is 5.21. The second-order valence-corrected chi connectivity index (χ2v) is 9.38. The van der Waals surface area contributed by atoms with E-state index in [1.165, 1.54) is 5.56 Å². The summed E-state index contributed by atoms with van der Waals surface area (Å²) in [4.78, 5) is 28.6. The third-order valence-electron chi connectivity index (χ3n) is 6.39. The lowest BCUT2D eigenvalue weighted by molar-refractivity contribution is 0.0950. The molecule has 0 radical (unpaired) electrons. The lowest BCUT2D eigenvalue weighted by Crippen LogP contribution is -2.29.